The van der Waals surface area contributed by atoms with E-state index in [2.05, 4.69) is 10.6 Å². The van der Waals surface area contributed by atoms with Crippen LogP contribution in [-0.4, -0.2) is 26.6 Å². The molecule has 0 aromatic heterocycles. The van der Waals surface area contributed by atoms with Crippen molar-refractivity contribution in [3.8, 4) is 5.75 Å². The Morgan fingerprint density at radius 2 is 2.18 bits per heavy atom. The summed E-state index contributed by atoms with van der Waals surface area (Å²) in [5.41, 5.74) is 1.83. The molecule has 17 heavy (non-hydrogen) atoms. The van der Waals surface area contributed by atoms with Gasteiger partial charge in [-0.1, -0.05) is 6.07 Å². The second kappa shape index (κ2) is 6.91. The average molecular weight is 236 g/mol. The summed E-state index contributed by atoms with van der Waals surface area (Å²) in [4.78, 5) is 11.7. The Bertz CT molecular complexity index is 378. The van der Waals surface area contributed by atoms with Crippen LogP contribution in [0.5, 0.6) is 5.75 Å². The summed E-state index contributed by atoms with van der Waals surface area (Å²) < 4.78 is 5.20. The molecule has 4 nitrogen and oxygen atoms in total. The maximum atomic E-state index is 11.7. The van der Waals surface area contributed by atoms with Crippen LogP contribution in [-0.2, 0) is 4.79 Å². The van der Waals surface area contributed by atoms with E-state index in [0.717, 1.165) is 24.2 Å². The molecule has 1 rings (SSSR count). The van der Waals surface area contributed by atoms with Crippen LogP contribution in [0.2, 0.25) is 0 Å². The van der Waals surface area contributed by atoms with Gasteiger partial charge in [0.1, 0.15) is 5.75 Å². The number of carbonyl (C=O) groups excluding carboxylic acids is 1. The first kappa shape index (κ1) is 13.5. The van der Waals surface area contributed by atoms with Gasteiger partial charge in [-0.05, 0) is 44.6 Å². The summed E-state index contributed by atoms with van der Waals surface area (Å²) in [5.74, 6) is 0.710. The number of aryl methyl sites for hydroxylation is 1. The Kier molecular flexibility index (Phi) is 5.49. The number of anilines is 1. The minimum atomic E-state index is 0.0177. The normalized spacial score (nSPS) is 10.1. The molecule has 0 saturated carbocycles. The lowest BCUT2D eigenvalue weighted by atomic mass is 10.2. The molecule has 94 valence electrons. The number of benzene rings is 1. The predicted molar refractivity (Wildman–Crippen MR) is 69.5 cm³/mol. The van der Waals surface area contributed by atoms with Crippen molar-refractivity contribution in [1.82, 2.24) is 5.32 Å². The van der Waals surface area contributed by atoms with E-state index >= 15 is 0 Å². The molecule has 0 aliphatic rings. The summed E-state index contributed by atoms with van der Waals surface area (Å²) in [6.07, 6.45) is 1.34. The molecule has 0 spiro atoms. The summed E-state index contributed by atoms with van der Waals surface area (Å²) in [6, 6.07) is 5.73. The monoisotopic (exact) mass is 236 g/mol. The van der Waals surface area contributed by atoms with Gasteiger partial charge in [-0.15, -0.1) is 0 Å². The third-order valence-corrected chi connectivity index (χ3v) is 2.46. The van der Waals surface area contributed by atoms with Gasteiger partial charge in [-0.25, -0.2) is 0 Å². The molecule has 4 heteroatoms. The fraction of sp³-hybridized carbons (Fsp3) is 0.462. The average Bonchev–Trinajstić information content (AvgIpc) is 2.29. The van der Waals surface area contributed by atoms with Crippen LogP contribution in [0.3, 0.4) is 0 Å². The quantitative estimate of drug-likeness (QED) is 0.742. The van der Waals surface area contributed by atoms with Crippen LogP contribution in [0.15, 0.2) is 18.2 Å². The molecule has 0 aliphatic heterocycles. The Hall–Kier alpha value is -1.55. The largest absolute Gasteiger partial charge is 0.495 e. The van der Waals surface area contributed by atoms with E-state index in [1.165, 1.54) is 0 Å². The minimum Gasteiger partial charge on any atom is -0.495 e. The van der Waals surface area contributed by atoms with Gasteiger partial charge < -0.3 is 15.4 Å². The smallest absolute Gasteiger partial charge is 0.224 e. The van der Waals surface area contributed by atoms with Crippen molar-refractivity contribution in [3.63, 3.8) is 0 Å². The van der Waals surface area contributed by atoms with Crippen LogP contribution in [0.1, 0.15) is 18.4 Å². The van der Waals surface area contributed by atoms with Crippen molar-refractivity contribution in [1.29, 1.82) is 0 Å². The molecule has 0 atom stereocenters. The van der Waals surface area contributed by atoms with E-state index in [4.69, 9.17) is 4.74 Å². The van der Waals surface area contributed by atoms with Gasteiger partial charge in [0, 0.05) is 6.42 Å². The molecule has 0 saturated heterocycles. The Labute approximate surface area is 102 Å². The number of hydrogen-bond donors (Lipinski definition) is 2. The number of nitrogens with one attached hydrogen (secondary N) is 2. The summed E-state index contributed by atoms with van der Waals surface area (Å²) >= 11 is 0. The van der Waals surface area contributed by atoms with Gasteiger partial charge in [0.05, 0.1) is 12.8 Å². The molecule has 1 aromatic carbocycles. The molecule has 2 N–H and O–H groups in total. The van der Waals surface area contributed by atoms with Crippen molar-refractivity contribution < 1.29 is 9.53 Å². The first-order valence-electron chi connectivity index (χ1n) is 5.76. The zero-order chi connectivity index (χ0) is 12.7. The molecule has 0 unspecified atom stereocenters. The number of ether oxygens (including phenoxy) is 1. The van der Waals surface area contributed by atoms with Gasteiger partial charge in [-0.3, -0.25) is 4.79 Å². The maximum Gasteiger partial charge on any atom is 0.224 e. The molecule has 0 heterocycles. The molecule has 0 radical (unpaired) electrons. The topological polar surface area (TPSA) is 50.4 Å². The third kappa shape index (κ3) is 4.44. The van der Waals surface area contributed by atoms with Gasteiger partial charge in [0.15, 0.2) is 0 Å². The van der Waals surface area contributed by atoms with E-state index in [1.54, 1.807) is 7.11 Å². The Morgan fingerprint density at radius 1 is 1.41 bits per heavy atom. The second-order valence-electron chi connectivity index (χ2n) is 3.96. The van der Waals surface area contributed by atoms with E-state index in [0.29, 0.717) is 12.2 Å². The molecule has 0 fully saturated rings. The van der Waals surface area contributed by atoms with Crippen LogP contribution in [0, 0.1) is 6.92 Å². The summed E-state index contributed by atoms with van der Waals surface area (Å²) in [6.45, 7) is 2.83. The van der Waals surface area contributed by atoms with E-state index in [-0.39, 0.29) is 5.91 Å². The lowest BCUT2D eigenvalue weighted by molar-refractivity contribution is -0.116. The molecule has 1 aromatic rings. The highest BCUT2D eigenvalue weighted by Gasteiger charge is 2.07. The van der Waals surface area contributed by atoms with Crippen molar-refractivity contribution in [3.05, 3.63) is 23.8 Å². The van der Waals surface area contributed by atoms with E-state index in [9.17, 15) is 4.79 Å². The van der Waals surface area contributed by atoms with Crippen molar-refractivity contribution in [2.45, 2.75) is 19.8 Å². The van der Waals surface area contributed by atoms with Crippen molar-refractivity contribution in [2.24, 2.45) is 0 Å². The summed E-state index contributed by atoms with van der Waals surface area (Å²) in [7, 11) is 3.48. The standard InChI is InChI=1S/C13H20N2O2/c1-10-6-7-12(17-3)11(9-10)15-13(16)5-4-8-14-2/h6-7,9,14H,4-5,8H2,1-3H3,(H,15,16). The second-order valence-corrected chi connectivity index (χ2v) is 3.96. The predicted octanol–water partition coefficient (Wildman–Crippen LogP) is 1.94. The number of amides is 1. The lowest BCUT2D eigenvalue weighted by Gasteiger charge is -2.10. The number of carbonyl (C=O) groups is 1. The van der Waals surface area contributed by atoms with Crippen LogP contribution >= 0.6 is 0 Å². The zero-order valence-electron chi connectivity index (χ0n) is 10.7. The fourth-order valence-corrected chi connectivity index (χ4v) is 1.56. The highest BCUT2D eigenvalue weighted by molar-refractivity contribution is 5.92. The first-order valence-corrected chi connectivity index (χ1v) is 5.76. The van der Waals surface area contributed by atoms with Gasteiger partial charge in [0.25, 0.3) is 0 Å². The lowest BCUT2D eigenvalue weighted by Crippen LogP contribution is -2.15. The van der Waals surface area contributed by atoms with Crippen LogP contribution in [0.25, 0.3) is 0 Å². The maximum absolute atomic E-state index is 11.7. The third-order valence-electron chi connectivity index (χ3n) is 2.46. The minimum absolute atomic E-state index is 0.0177. The van der Waals surface area contributed by atoms with Crippen LogP contribution < -0.4 is 15.4 Å². The number of hydrogen-bond acceptors (Lipinski definition) is 3. The van der Waals surface area contributed by atoms with Gasteiger partial charge >= 0.3 is 0 Å². The SMILES string of the molecule is CNCCCC(=O)Nc1cc(C)ccc1OC. The zero-order valence-corrected chi connectivity index (χ0v) is 10.7. The van der Waals surface area contributed by atoms with E-state index < -0.39 is 0 Å². The van der Waals surface area contributed by atoms with Gasteiger partial charge in [-0.2, -0.15) is 0 Å². The Morgan fingerprint density at radius 3 is 2.82 bits per heavy atom. The van der Waals surface area contributed by atoms with E-state index in [1.807, 2.05) is 32.2 Å². The molecule has 0 bridgehead atoms. The molecular weight excluding hydrogens is 216 g/mol. The first-order chi connectivity index (χ1) is 8.17. The highest BCUT2D eigenvalue weighted by atomic mass is 16.5. The fourth-order valence-electron chi connectivity index (χ4n) is 1.56. The summed E-state index contributed by atoms with van der Waals surface area (Å²) in [5, 5.41) is 5.88. The molecular formula is C13H20N2O2. The number of methoxy groups -OCH3 is 1. The van der Waals surface area contributed by atoms with Crippen LogP contribution in [0.4, 0.5) is 5.69 Å². The molecule has 1 amide bonds. The Balaban J connectivity index is 2.60. The van der Waals surface area contributed by atoms with Crippen molar-refractivity contribution in [2.75, 3.05) is 26.0 Å². The molecule has 0 aliphatic carbocycles. The van der Waals surface area contributed by atoms with Crippen molar-refractivity contribution >= 4 is 11.6 Å². The van der Waals surface area contributed by atoms with Gasteiger partial charge in [0.2, 0.25) is 5.91 Å². The highest BCUT2D eigenvalue weighted by Crippen LogP contribution is 2.25. The number of rotatable bonds is 6.